The fourth-order valence-corrected chi connectivity index (χ4v) is 4.46. The third kappa shape index (κ3) is 4.32. The topological polar surface area (TPSA) is 91.8 Å². The molecule has 4 radical (unpaired) electrons. The fraction of sp³-hybridized carbons (Fsp3) is 0.412. The summed E-state index contributed by atoms with van der Waals surface area (Å²) in [7, 11) is 10.5. The van der Waals surface area contributed by atoms with Gasteiger partial charge in [0.05, 0.1) is 12.7 Å². The van der Waals surface area contributed by atoms with Crippen LogP contribution in [0, 0.1) is 6.92 Å². The van der Waals surface area contributed by atoms with Gasteiger partial charge in [0, 0.05) is 27.7 Å². The Bertz CT molecular complexity index is 1050. The Morgan fingerprint density at radius 2 is 2.14 bits per heavy atom. The van der Waals surface area contributed by atoms with E-state index in [2.05, 4.69) is 4.98 Å². The molecule has 0 saturated carbocycles. The summed E-state index contributed by atoms with van der Waals surface area (Å²) in [5.41, 5.74) is 0.188. The molecule has 0 spiro atoms. The number of hydrogen-bond donors (Lipinski definition) is 1. The smallest absolute Gasteiger partial charge is 0.396 e. The van der Waals surface area contributed by atoms with Gasteiger partial charge in [-0.05, 0) is 38.0 Å². The Morgan fingerprint density at radius 1 is 1.34 bits per heavy atom. The van der Waals surface area contributed by atoms with Crippen molar-refractivity contribution < 1.29 is 18.3 Å². The van der Waals surface area contributed by atoms with Crippen LogP contribution < -0.4 is 15.8 Å². The van der Waals surface area contributed by atoms with E-state index >= 15 is 0 Å². The Kier molecular flexibility index (Phi) is 5.66. The van der Waals surface area contributed by atoms with Gasteiger partial charge in [-0.25, -0.2) is 4.79 Å². The van der Waals surface area contributed by atoms with Gasteiger partial charge < -0.3 is 13.8 Å². The number of H-pyrrole nitrogens is 1. The number of aromatic nitrogens is 2. The van der Waals surface area contributed by atoms with Gasteiger partial charge in [0.25, 0.3) is 5.56 Å². The Balaban J connectivity index is 1.44. The Hall–Kier alpha value is -1.57. The SMILES string of the molecule is [B]C([B])(OP1OCc2cc(Cl)ccc2O1)C1CCC(n2cc(C)c(=O)[nH]c2=O)O1. The van der Waals surface area contributed by atoms with Gasteiger partial charge in [0.1, 0.15) is 27.7 Å². The maximum Gasteiger partial charge on any atom is 0.396 e. The first-order valence-corrected chi connectivity index (χ1v) is 10.3. The number of aryl methyl sites for hydroxylation is 1. The van der Waals surface area contributed by atoms with Gasteiger partial charge in [0.2, 0.25) is 0 Å². The lowest BCUT2D eigenvalue weighted by Crippen LogP contribution is -2.46. The van der Waals surface area contributed by atoms with E-state index in [-0.39, 0.29) is 6.61 Å². The minimum atomic E-state index is -1.85. The van der Waals surface area contributed by atoms with E-state index in [1.54, 1.807) is 25.1 Å². The maximum absolute atomic E-state index is 12.1. The van der Waals surface area contributed by atoms with E-state index in [0.717, 1.165) is 5.56 Å². The highest BCUT2D eigenvalue weighted by molar-refractivity contribution is 7.42. The molecule has 2 aliphatic rings. The molecule has 1 aromatic heterocycles. The molecule has 1 saturated heterocycles. The van der Waals surface area contributed by atoms with Gasteiger partial charge in [0.15, 0.2) is 0 Å². The number of nitrogens with one attached hydrogen (secondary N) is 1. The summed E-state index contributed by atoms with van der Waals surface area (Å²) in [6, 6.07) is 5.17. The first-order valence-electron chi connectivity index (χ1n) is 8.87. The van der Waals surface area contributed by atoms with E-state index in [9.17, 15) is 9.59 Å². The Labute approximate surface area is 175 Å². The van der Waals surface area contributed by atoms with Crippen LogP contribution in [0.1, 0.15) is 30.2 Å². The molecule has 1 N–H and O–H groups in total. The predicted molar refractivity (Wildman–Crippen MR) is 108 cm³/mol. The molecular formula is C17H16B2ClN2O6P. The zero-order chi connectivity index (χ0) is 20.8. The van der Waals surface area contributed by atoms with Crippen molar-refractivity contribution in [1.29, 1.82) is 0 Å². The second kappa shape index (κ2) is 7.93. The maximum atomic E-state index is 12.1. The Morgan fingerprint density at radius 3 is 2.93 bits per heavy atom. The molecule has 3 unspecified atom stereocenters. The van der Waals surface area contributed by atoms with E-state index < -0.39 is 37.6 Å². The quantitative estimate of drug-likeness (QED) is 0.587. The van der Waals surface area contributed by atoms with Crippen LogP contribution in [0.3, 0.4) is 0 Å². The van der Waals surface area contributed by atoms with Crippen LogP contribution in [0.15, 0.2) is 34.0 Å². The zero-order valence-corrected chi connectivity index (χ0v) is 17.1. The van der Waals surface area contributed by atoms with Crippen molar-refractivity contribution in [2.75, 3.05) is 0 Å². The third-order valence-corrected chi connectivity index (χ3v) is 6.10. The van der Waals surface area contributed by atoms with Crippen LogP contribution in [0.4, 0.5) is 0 Å². The molecule has 3 heterocycles. The monoisotopic (exact) mass is 432 g/mol. The number of ether oxygens (including phenoxy) is 1. The van der Waals surface area contributed by atoms with Crippen LogP contribution in [0.25, 0.3) is 0 Å². The first kappa shape index (κ1) is 20.7. The van der Waals surface area contributed by atoms with E-state index in [1.165, 1.54) is 10.8 Å². The molecule has 1 aromatic carbocycles. The van der Waals surface area contributed by atoms with Crippen molar-refractivity contribution in [3.8, 4) is 5.75 Å². The number of rotatable bonds is 4. The van der Waals surface area contributed by atoms with Crippen LogP contribution in [-0.4, -0.2) is 36.7 Å². The largest absolute Gasteiger partial charge is 0.426 e. The molecule has 0 bridgehead atoms. The lowest BCUT2D eigenvalue weighted by Gasteiger charge is -2.36. The molecule has 29 heavy (non-hydrogen) atoms. The van der Waals surface area contributed by atoms with E-state index in [0.29, 0.717) is 29.2 Å². The molecule has 0 aliphatic carbocycles. The minimum Gasteiger partial charge on any atom is -0.426 e. The van der Waals surface area contributed by atoms with Gasteiger partial charge in [-0.15, -0.1) is 0 Å². The summed E-state index contributed by atoms with van der Waals surface area (Å²) in [6.07, 6.45) is 1.02. The number of nitrogens with zero attached hydrogens (tertiary/aromatic N) is 1. The molecule has 3 atom stereocenters. The molecule has 4 rings (SSSR count). The average molecular weight is 432 g/mol. The van der Waals surface area contributed by atoms with Crippen LogP contribution in [-0.2, 0) is 20.4 Å². The summed E-state index contributed by atoms with van der Waals surface area (Å²) in [5.74, 6) is 0.586. The molecule has 2 aromatic rings. The number of hydrogen-bond acceptors (Lipinski definition) is 6. The highest BCUT2D eigenvalue weighted by Crippen LogP contribution is 2.50. The van der Waals surface area contributed by atoms with Crippen molar-refractivity contribution in [2.45, 2.75) is 44.1 Å². The summed E-state index contributed by atoms with van der Waals surface area (Å²) < 4.78 is 24.1. The summed E-state index contributed by atoms with van der Waals surface area (Å²) in [5, 5.41) is -1.13. The van der Waals surface area contributed by atoms with Crippen molar-refractivity contribution in [3.63, 3.8) is 0 Å². The molecule has 2 aliphatic heterocycles. The highest BCUT2D eigenvalue weighted by atomic mass is 35.5. The van der Waals surface area contributed by atoms with Gasteiger partial charge in [-0.2, -0.15) is 0 Å². The fourth-order valence-electron chi connectivity index (χ4n) is 3.17. The minimum absolute atomic E-state index is 0.248. The van der Waals surface area contributed by atoms with Crippen molar-refractivity contribution in [2.24, 2.45) is 0 Å². The van der Waals surface area contributed by atoms with Gasteiger partial charge in [-0.3, -0.25) is 18.9 Å². The predicted octanol–water partition coefficient (Wildman–Crippen LogP) is 2.02. The van der Waals surface area contributed by atoms with Gasteiger partial charge in [-0.1, -0.05) is 11.6 Å². The highest BCUT2D eigenvalue weighted by Gasteiger charge is 2.41. The molecule has 12 heteroatoms. The number of fused-ring (bicyclic) bond motifs is 1. The molecule has 148 valence electrons. The molecule has 1 fully saturated rings. The second-order valence-corrected chi connectivity index (χ2v) is 8.43. The first-order chi connectivity index (χ1) is 13.7. The normalized spacial score (nSPS) is 24.1. The van der Waals surface area contributed by atoms with Gasteiger partial charge >= 0.3 is 14.3 Å². The number of benzene rings is 1. The second-order valence-electron chi connectivity index (χ2n) is 6.92. The van der Waals surface area contributed by atoms with Crippen LogP contribution in [0.2, 0.25) is 5.02 Å². The van der Waals surface area contributed by atoms with E-state index in [4.69, 9.17) is 45.6 Å². The molecular weight excluding hydrogens is 416 g/mol. The lowest BCUT2D eigenvalue weighted by atomic mass is 9.61. The molecule has 0 amide bonds. The lowest BCUT2D eigenvalue weighted by molar-refractivity contribution is -0.0469. The average Bonchev–Trinajstić information content (AvgIpc) is 3.15. The van der Waals surface area contributed by atoms with Crippen LogP contribution in [0.5, 0.6) is 5.75 Å². The summed E-state index contributed by atoms with van der Waals surface area (Å²) >= 11 is 5.96. The third-order valence-electron chi connectivity index (χ3n) is 4.71. The number of aromatic amines is 1. The standard InChI is InChI=1S/C17H16B2ClN2O6P/c1-9-7-22(16(24)21-15(9)23)14-5-4-13(26-14)17(18,19)28-29-25-8-10-6-11(20)2-3-12(10)27-29/h2-3,6-7,13-14H,4-5,8H2,1H3,(H,21,23,24). The summed E-state index contributed by atoms with van der Waals surface area (Å²) in [6.45, 7) is 1.85. The molecule has 8 nitrogen and oxygen atoms in total. The number of halogens is 1. The summed E-state index contributed by atoms with van der Waals surface area (Å²) in [4.78, 5) is 25.9. The van der Waals surface area contributed by atoms with Crippen LogP contribution >= 0.6 is 20.2 Å². The van der Waals surface area contributed by atoms with E-state index in [1.807, 2.05) is 0 Å². The van der Waals surface area contributed by atoms with Crippen molar-refractivity contribution in [3.05, 3.63) is 61.4 Å². The van der Waals surface area contributed by atoms with Crippen molar-refractivity contribution >= 4 is 35.9 Å². The zero-order valence-electron chi connectivity index (χ0n) is 15.5. The van der Waals surface area contributed by atoms with Crippen molar-refractivity contribution in [1.82, 2.24) is 9.55 Å².